The van der Waals surface area contributed by atoms with Crippen LogP contribution in [-0.2, 0) is 12.8 Å². The Hall–Kier alpha value is -2.73. The highest BCUT2D eigenvalue weighted by Crippen LogP contribution is 2.33. The van der Waals surface area contributed by atoms with Gasteiger partial charge >= 0.3 is 0 Å². The van der Waals surface area contributed by atoms with E-state index in [0.29, 0.717) is 19.1 Å². The number of ether oxygens (including phenoxy) is 1. The highest BCUT2D eigenvalue weighted by molar-refractivity contribution is 8.13. The van der Waals surface area contributed by atoms with Crippen LogP contribution in [0, 0.1) is 5.92 Å². The normalized spacial score (nSPS) is 19.9. The molecule has 0 spiro atoms. The lowest BCUT2D eigenvalue weighted by Crippen LogP contribution is -2.39. The monoisotopic (exact) mass is 447 g/mol. The second kappa shape index (κ2) is 9.02. The number of thioether (sulfide) groups is 1. The Morgan fingerprint density at radius 2 is 2.09 bits per heavy atom. The van der Waals surface area contributed by atoms with Crippen molar-refractivity contribution in [1.82, 2.24) is 9.88 Å². The predicted molar refractivity (Wildman–Crippen MR) is 132 cm³/mol. The number of aromatic nitrogens is 1. The van der Waals surface area contributed by atoms with Crippen LogP contribution in [0.5, 0.6) is 5.75 Å². The molecule has 1 aliphatic carbocycles. The van der Waals surface area contributed by atoms with Crippen molar-refractivity contribution < 1.29 is 9.53 Å². The summed E-state index contributed by atoms with van der Waals surface area (Å²) in [5.41, 5.74) is 5.44. The first-order valence-electron chi connectivity index (χ1n) is 11.5. The molecule has 6 heteroatoms. The summed E-state index contributed by atoms with van der Waals surface area (Å²) in [6.45, 7) is 5.62. The van der Waals surface area contributed by atoms with Crippen molar-refractivity contribution in [3.63, 3.8) is 0 Å². The summed E-state index contributed by atoms with van der Waals surface area (Å²) in [5, 5.41) is 1.97. The van der Waals surface area contributed by atoms with Gasteiger partial charge in [-0.15, -0.1) is 0 Å². The minimum absolute atomic E-state index is 0.0302. The molecule has 1 aromatic heterocycles. The zero-order valence-electron chi connectivity index (χ0n) is 18.7. The highest BCUT2D eigenvalue weighted by atomic mass is 32.2. The molecule has 0 bridgehead atoms. The Labute approximate surface area is 193 Å². The highest BCUT2D eigenvalue weighted by Gasteiger charge is 2.26. The van der Waals surface area contributed by atoms with Gasteiger partial charge in [0.25, 0.3) is 5.91 Å². The van der Waals surface area contributed by atoms with Gasteiger partial charge in [-0.3, -0.25) is 9.69 Å². The quantitative estimate of drug-likeness (QED) is 0.537. The summed E-state index contributed by atoms with van der Waals surface area (Å²) in [6.07, 6.45) is 4.37. The Balaban J connectivity index is 1.44. The van der Waals surface area contributed by atoms with Crippen molar-refractivity contribution in [3.8, 4) is 5.75 Å². The summed E-state index contributed by atoms with van der Waals surface area (Å²) >= 11 is 1.65. The molecule has 1 N–H and O–H groups in total. The van der Waals surface area contributed by atoms with Crippen LogP contribution < -0.4 is 4.74 Å². The van der Waals surface area contributed by atoms with Crippen LogP contribution in [0.3, 0.4) is 0 Å². The molecule has 1 aliphatic heterocycles. The molecule has 2 aliphatic rings. The molecule has 5 rings (SSSR count). The van der Waals surface area contributed by atoms with Crippen molar-refractivity contribution in [2.75, 3.05) is 18.9 Å². The summed E-state index contributed by atoms with van der Waals surface area (Å²) in [4.78, 5) is 23.8. The SMILES string of the molecule is CCOc1ccc(N=C2SCCCN2C(=O)c2ccc3[nH]c4c(c3c2)CC(C)CC4)cc1. The van der Waals surface area contributed by atoms with Crippen LogP contribution in [0.15, 0.2) is 47.5 Å². The summed E-state index contributed by atoms with van der Waals surface area (Å²) < 4.78 is 5.52. The standard InChI is InChI=1S/C26H29N3O2S/c1-3-31-20-9-7-19(8-10-20)27-26-29(13-4-14-32-26)25(30)18-6-12-24-22(16-18)21-15-17(2)5-11-23(21)28-24/h6-10,12,16-17,28H,3-5,11,13-15H2,1-2H3. The number of amides is 1. The van der Waals surface area contributed by atoms with Gasteiger partial charge in [-0.1, -0.05) is 18.7 Å². The fourth-order valence-electron chi connectivity index (χ4n) is 4.61. The van der Waals surface area contributed by atoms with Crippen LogP contribution in [0.4, 0.5) is 5.69 Å². The van der Waals surface area contributed by atoms with E-state index in [1.807, 2.05) is 42.2 Å². The molecule has 0 saturated carbocycles. The number of H-pyrrole nitrogens is 1. The molecule has 1 amide bonds. The molecule has 1 atom stereocenters. The Morgan fingerprint density at radius 1 is 1.25 bits per heavy atom. The van der Waals surface area contributed by atoms with Crippen molar-refractivity contribution in [2.24, 2.45) is 10.9 Å². The third kappa shape index (κ3) is 4.16. The van der Waals surface area contributed by atoms with Gasteiger partial charge in [0.05, 0.1) is 12.3 Å². The number of rotatable bonds is 4. The largest absolute Gasteiger partial charge is 0.494 e. The predicted octanol–water partition coefficient (Wildman–Crippen LogP) is 5.96. The van der Waals surface area contributed by atoms with E-state index in [0.717, 1.165) is 52.7 Å². The third-order valence-electron chi connectivity index (χ3n) is 6.29. The fourth-order valence-corrected chi connectivity index (χ4v) is 5.57. The van der Waals surface area contributed by atoms with Gasteiger partial charge in [0.15, 0.2) is 5.17 Å². The second-order valence-corrected chi connectivity index (χ2v) is 9.73. The number of aryl methyl sites for hydroxylation is 1. The van der Waals surface area contributed by atoms with Gasteiger partial charge in [0, 0.05) is 34.5 Å². The van der Waals surface area contributed by atoms with Gasteiger partial charge in [0.1, 0.15) is 5.75 Å². The summed E-state index contributed by atoms with van der Waals surface area (Å²) in [6, 6.07) is 13.8. The lowest BCUT2D eigenvalue weighted by molar-refractivity contribution is 0.0849. The van der Waals surface area contributed by atoms with E-state index in [4.69, 9.17) is 9.73 Å². The van der Waals surface area contributed by atoms with E-state index in [1.165, 1.54) is 23.1 Å². The maximum atomic E-state index is 13.5. The number of fused-ring (bicyclic) bond motifs is 3. The van der Waals surface area contributed by atoms with Crippen LogP contribution in [-0.4, -0.2) is 39.9 Å². The molecular weight excluding hydrogens is 418 g/mol. The zero-order chi connectivity index (χ0) is 22.1. The summed E-state index contributed by atoms with van der Waals surface area (Å²) in [5.74, 6) is 2.52. The first-order valence-corrected chi connectivity index (χ1v) is 12.5. The molecular formula is C26H29N3O2S. The molecule has 2 heterocycles. The van der Waals surface area contributed by atoms with E-state index in [2.05, 4.69) is 24.0 Å². The van der Waals surface area contributed by atoms with Crippen LogP contribution >= 0.6 is 11.8 Å². The number of hydrogen-bond acceptors (Lipinski definition) is 4. The topological polar surface area (TPSA) is 57.7 Å². The number of aromatic amines is 1. The number of nitrogens with zero attached hydrogens (tertiary/aromatic N) is 2. The Bertz CT molecular complexity index is 1170. The first-order chi connectivity index (χ1) is 15.6. The van der Waals surface area contributed by atoms with Gasteiger partial charge in [0.2, 0.25) is 0 Å². The molecule has 1 fully saturated rings. The third-order valence-corrected chi connectivity index (χ3v) is 7.35. The Morgan fingerprint density at radius 3 is 2.91 bits per heavy atom. The van der Waals surface area contributed by atoms with E-state index in [1.54, 1.807) is 11.8 Å². The van der Waals surface area contributed by atoms with Crippen molar-refractivity contribution in [1.29, 1.82) is 0 Å². The van der Waals surface area contributed by atoms with Gasteiger partial charge in [-0.2, -0.15) is 0 Å². The molecule has 2 aromatic carbocycles. The summed E-state index contributed by atoms with van der Waals surface area (Å²) in [7, 11) is 0. The minimum Gasteiger partial charge on any atom is -0.494 e. The number of carbonyl (C=O) groups excluding carboxylic acids is 1. The Kier molecular flexibility index (Phi) is 5.96. The average Bonchev–Trinajstić information content (AvgIpc) is 3.17. The zero-order valence-corrected chi connectivity index (χ0v) is 19.5. The first kappa shape index (κ1) is 21.1. The van der Waals surface area contributed by atoms with E-state index in [9.17, 15) is 4.79 Å². The minimum atomic E-state index is 0.0302. The van der Waals surface area contributed by atoms with E-state index >= 15 is 0 Å². The van der Waals surface area contributed by atoms with Crippen molar-refractivity contribution in [3.05, 3.63) is 59.3 Å². The molecule has 5 nitrogen and oxygen atoms in total. The number of carbonyl (C=O) groups is 1. The van der Waals surface area contributed by atoms with Gasteiger partial charge < -0.3 is 9.72 Å². The van der Waals surface area contributed by atoms with E-state index in [-0.39, 0.29) is 5.91 Å². The van der Waals surface area contributed by atoms with Crippen LogP contribution in [0.2, 0.25) is 0 Å². The smallest absolute Gasteiger partial charge is 0.259 e. The number of hydrogen-bond donors (Lipinski definition) is 1. The lowest BCUT2D eigenvalue weighted by atomic mass is 9.87. The maximum Gasteiger partial charge on any atom is 0.259 e. The van der Waals surface area contributed by atoms with Crippen molar-refractivity contribution in [2.45, 2.75) is 39.5 Å². The number of amidine groups is 1. The fraction of sp³-hybridized carbons (Fsp3) is 0.385. The molecule has 1 unspecified atom stereocenters. The number of benzene rings is 2. The van der Waals surface area contributed by atoms with Gasteiger partial charge in [-0.25, -0.2) is 4.99 Å². The molecule has 166 valence electrons. The molecule has 1 saturated heterocycles. The molecule has 0 radical (unpaired) electrons. The molecule has 3 aromatic rings. The van der Waals surface area contributed by atoms with Crippen LogP contribution in [0.25, 0.3) is 10.9 Å². The van der Waals surface area contributed by atoms with E-state index < -0.39 is 0 Å². The van der Waals surface area contributed by atoms with Crippen LogP contribution in [0.1, 0.15) is 48.3 Å². The maximum absolute atomic E-state index is 13.5. The van der Waals surface area contributed by atoms with Crippen molar-refractivity contribution >= 4 is 39.4 Å². The number of aliphatic imine (C=N–C) groups is 1. The average molecular weight is 448 g/mol. The second-order valence-electron chi connectivity index (χ2n) is 8.67. The lowest BCUT2D eigenvalue weighted by Gasteiger charge is -2.28. The molecule has 32 heavy (non-hydrogen) atoms. The van der Waals surface area contributed by atoms with Gasteiger partial charge in [-0.05, 0) is 86.6 Å². The number of nitrogens with one attached hydrogen (secondary N) is 1.